The van der Waals surface area contributed by atoms with Gasteiger partial charge in [0.05, 0.1) is 24.4 Å². The molecule has 2 heterocycles. The molecule has 0 fully saturated rings. The quantitative estimate of drug-likeness (QED) is 0.390. The summed E-state index contributed by atoms with van der Waals surface area (Å²) in [6, 6.07) is 14.3. The number of aromatic nitrogens is 4. The molecule has 0 aliphatic carbocycles. The fraction of sp³-hybridized carbons (Fsp3) is 0.105. The van der Waals surface area contributed by atoms with Gasteiger partial charge >= 0.3 is 0 Å². The summed E-state index contributed by atoms with van der Waals surface area (Å²) in [6.07, 6.45) is 3.28. The molecular weight excluding hydrogens is 351 g/mol. The summed E-state index contributed by atoms with van der Waals surface area (Å²) >= 11 is 1.50. The molecule has 7 heteroatoms. The summed E-state index contributed by atoms with van der Waals surface area (Å²) in [5.74, 6) is 0.902. The van der Waals surface area contributed by atoms with Gasteiger partial charge in [0.15, 0.2) is 5.65 Å². The number of hydrogen-bond donors (Lipinski definition) is 0. The van der Waals surface area contributed by atoms with Crippen LogP contribution in [0.4, 0.5) is 4.39 Å². The van der Waals surface area contributed by atoms with Crippen LogP contribution in [0.25, 0.3) is 16.7 Å². The van der Waals surface area contributed by atoms with Gasteiger partial charge < -0.3 is 4.74 Å². The number of thioether (sulfide) groups is 1. The fourth-order valence-electron chi connectivity index (χ4n) is 2.70. The number of benzene rings is 2. The van der Waals surface area contributed by atoms with Gasteiger partial charge in [0, 0.05) is 11.3 Å². The van der Waals surface area contributed by atoms with Crippen LogP contribution < -0.4 is 4.74 Å². The van der Waals surface area contributed by atoms with E-state index in [1.807, 2.05) is 30.3 Å². The Bertz CT molecular complexity index is 1050. The molecule has 5 nitrogen and oxygen atoms in total. The lowest BCUT2D eigenvalue weighted by Gasteiger charge is -2.08. The fourth-order valence-corrected chi connectivity index (χ4v) is 3.64. The topological polar surface area (TPSA) is 52.8 Å². The maximum Gasteiger partial charge on any atom is 0.167 e. The van der Waals surface area contributed by atoms with Gasteiger partial charge in [-0.15, -0.1) is 11.8 Å². The van der Waals surface area contributed by atoms with Gasteiger partial charge in [-0.3, -0.25) is 0 Å². The average molecular weight is 366 g/mol. The summed E-state index contributed by atoms with van der Waals surface area (Å²) in [7, 11) is 1.58. The predicted octanol–water partition coefficient (Wildman–Crippen LogP) is 4.26. The van der Waals surface area contributed by atoms with Gasteiger partial charge in [-0.05, 0) is 30.3 Å². The largest absolute Gasteiger partial charge is 0.496 e. The highest BCUT2D eigenvalue weighted by Crippen LogP contribution is 2.31. The molecule has 0 radical (unpaired) electrons. The molecule has 0 bridgehead atoms. The Kier molecular flexibility index (Phi) is 4.53. The van der Waals surface area contributed by atoms with Crippen LogP contribution in [0.3, 0.4) is 0 Å². The van der Waals surface area contributed by atoms with Crippen molar-refractivity contribution in [2.24, 2.45) is 0 Å². The third-order valence-corrected chi connectivity index (χ3v) is 4.99. The molecular formula is C19H15FN4OS. The normalized spacial score (nSPS) is 11.0. The van der Waals surface area contributed by atoms with Crippen molar-refractivity contribution in [2.45, 2.75) is 10.8 Å². The number of halogens is 1. The molecule has 26 heavy (non-hydrogen) atoms. The third kappa shape index (κ3) is 3.13. The van der Waals surface area contributed by atoms with E-state index in [2.05, 4.69) is 15.1 Å². The first kappa shape index (κ1) is 16.5. The van der Waals surface area contributed by atoms with Gasteiger partial charge in [-0.1, -0.05) is 18.2 Å². The van der Waals surface area contributed by atoms with Gasteiger partial charge in [0.25, 0.3) is 0 Å². The monoisotopic (exact) mass is 366 g/mol. The van der Waals surface area contributed by atoms with Crippen molar-refractivity contribution in [3.63, 3.8) is 0 Å². The van der Waals surface area contributed by atoms with E-state index in [0.717, 1.165) is 27.3 Å². The Hall–Kier alpha value is -2.93. The second kappa shape index (κ2) is 7.13. The molecule has 0 saturated heterocycles. The van der Waals surface area contributed by atoms with Crippen LogP contribution in [0.15, 0.2) is 66.1 Å². The zero-order valence-corrected chi connectivity index (χ0v) is 14.8. The molecule has 0 N–H and O–H groups in total. The lowest BCUT2D eigenvalue weighted by Crippen LogP contribution is -1.97. The van der Waals surface area contributed by atoms with E-state index in [4.69, 9.17) is 4.74 Å². The smallest absolute Gasteiger partial charge is 0.167 e. The molecule has 0 unspecified atom stereocenters. The first-order valence-electron chi connectivity index (χ1n) is 7.95. The maximum absolute atomic E-state index is 13.5. The minimum absolute atomic E-state index is 0.286. The van der Waals surface area contributed by atoms with Crippen LogP contribution in [0.1, 0.15) is 5.56 Å². The van der Waals surface area contributed by atoms with Gasteiger partial charge in [0.2, 0.25) is 0 Å². The first-order chi connectivity index (χ1) is 12.8. The highest BCUT2D eigenvalue weighted by atomic mass is 32.2. The minimum Gasteiger partial charge on any atom is -0.496 e. The molecule has 0 aliphatic heterocycles. The number of fused-ring (bicyclic) bond motifs is 1. The summed E-state index contributed by atoms with van der Waals surface area (Å²) in [5, 5.41) is 6.10. The van der Waals surface area contributed by atoms with E-state index in [1.54, 1.807) is 24.1 Å². The van der Waals surface area contributed by atoms with Crippen LogP contribution in [0.5, 0.6) is 5.75 Å². The van der Waals surface area contributed by atoms with E-state index >= 15 is 0 Å². The number of para-hydroxylation sites is 1. The molecule has 4 aromatic rings. The van der Waals surface area contributed by atoms with E-state index in [-0.39, 0.29) is 5.82 Å². The summed E-state index contributed by atoms with van der Waals surface area (Å²) in [6.45, 7) is 0. The molecule has 2 aromatic heterocycles. The van der Waals surface area contributed by atoms with E-state index < -0.39 is 0 Å². The Morgan fingerprint density at radius 2 is 1.96 bits per heavy atom. The SMILES string of the molecule is COc1ccc(F)cc1CSc1ncnc2c1cnn2-c1ccccc1. The molecule has 0 atom stereocenters. The molecule has 130 valence electrons. The molecule has 4 rings (SSSR count). The Morgan fingerprint density at radius 3 is 2.77 bits per heavy atom. The van der Waals surface area contributed by atoms with Gasteiger partial charge in [0.1, 0.15) is 22.9 Å². The Morgan fingerprint density at radius 1 is 1.12 bits per heavy atom. The number of rotatable bonds is 5. The van der Waals surface area contributed by atoms with Crippen molar-refractivity contribution in [3.05, 3.63) is 72.4 Å². The van der Waals surface area contributed by atoms with Crippen LogP contribution in [0.2, 0.25) is 0 Å². The summed E-state index contributed by atoms with van der Waals surface area (Å²) in [4.78, 5) is 8.74. The molecule has 0 aliphatic rings. The van der Waals surface area contributed by atoms with Crippen molar-refractivity contribution in [1.29, 1.82) is 0 Å². The molecule has 0 amide bonds. The van der Waals surface area contributed by atoms with E-state index in [1.165, 1.54) is 30.2 Å². The first-order valence-corrected chi connectivity index (χ1v) is 8.94. The maximum atomic E-state index is 13.5. The molecule has 2 aromatic carbocycles. The van der Waals surface area contributed by atoms with Crippen LogP contribution in [0, 0.1) is 5.82 Å². The molecule has 0 saturated carbocycles. The van der Waals surface area contributed by atoms with Crippen LogP contribution in [-0.2, 0) is 5.75 Å². The van der Waals surface area contributed by atoms with Crippen molar-refractivity contribution in [2.75, 3.05) is 7.11 Å². The zero-order valence-electron chi connectivity index (χ0n) is 14.0. The lowest BCUT2D eigenvalue weighted by molar-refractivity contribution is 0.410. The zero-order chi connectivity index (χ0) is 17.9. The highest BCUT2D eigenvalue weighted by Gasteiger charge is 2.13. The second-order valence-corrected chi connectivity index (χ2v) is 6.52. The molecule has 0 spiro atoms. The van der Waals surface area contributed by atoms with Crippen molar-refractivity contribution < 1.29 is 9.13 Å². The van der Waals surface area contributed by atoms with Crippen LogP contribution in [-0.4, -0.2) is 26.9 Å². The van der Waals surface area contributed by atoms with Crippen molar-refractivity contribution in [1.82, 2.24) is 19.7 Å². The predicted molar refractivity (Wildman–Crippen MR) is 99.2 cm³/mol. The third-order valence-electron chi connectivity index (χ3n) is 3.94. The Labute approximate surface area is 153 Å². The van der Waals surface area contributed by atoms with Gasteiger partial charge in [-0.25, -0.2) is 19.0 Å². The lowest BCUT2D eigenvalue weighted by atomic mass is 10.2. The minimum atomic E-state index is -0.286. The second-order valence-electron chi connectivity index (χ2n) is 5.55. The van der Waals surface area contributed by atoms with E-state index in [9.17, 15) is 4.39 Å². The number of hydrogen-bond acceptors (Lipinski definition) is 5. The highest BCUT2D eigenvalue weighted by molar-refractivity contribution is 7.98. The number of ether oxygens (including phenoxy) is 1. The standard InChI is InChI=1S/C19H15FN4OS/c1-25-17-8-7-14(20)9-13(17)11-26-19-16-10-23-24(18(16)21-12-22-19)15-5-3-2-4-6-15/h2-10,12H,11H2,1H3. The van der Waals surface area contributed by atoms with Crippen molar-refractivity contribution in [3.8, 4) is 11.4 Å². The summed E-state index contributed by atoms with van der Waals surface area (Å²) in [5.41, 5.74) is 2.45. The summed E-state index contributed by atoms with van der Waals surface area (Å²) < 4.78 is 20.6. The van der Waals surface area contributed by atoms with Gasteiger partial charge in [-0.2, -0.15) is 5.10 Å². The van der Waals surface area contributed by atoms with Crippen LogP contribution >= 0.6 is 11.8 Å². The number of methoxy groups -OCH3 is 1. The number of nitrogens with zero attached hydrogens (tertiary/aromatic N) is 4. The Balaban J connectivity index is 1.66. The average Bonchev–Trinajstić information content (AvgIpc) is 3.12. The van der Waals surface area contributed by atoms with E-state index in [0.29, 0.717) is 11.5 Å². The van der Waals surface area contributed by atoms with Crippen molar-refractivity contribution >= 4 is 22.8 Å².